The van der Waals surface area contributed by atoms with Crippen molar-refractivity contribution in [3.8, 4) is 0 Å². The summed E-state index contributed by atoms with van der Waals surface area (Å²) in [6.45, 7) is 14.3. The maximum atomic E-state index is 13.7. The minimum atomic E-state index is -4.63. The molecule has 6 fully saturated rings. The number of urea groups is 1. The third-order valence-electron chi connectivity index (χ3n) is 17.1. The van der Waals surface area contributed by atoms with Gasteiger partial charge in [-0.15, -0.1) is 0 Å². The average molecular weight is 1100 g/mol. The molecule has 0 spiro atoms. The molecule has 3 saturated carbocycles. The summed E-state index contributed by atoms with van der Waals surface area (Å²) < 4.78 is 46.9. The summed E-state index contributed by atoms with van der Waals surface area (Å²) in [5.74, 6) is 0.879. The van der Waals surface area contributed by atoms with Crippen molar-refractivity contribution in [2.24, 2.45) is 23.2 Å². The molecule has 3 aliphatic heterocycles. The zero-order valence-corrected chi connectivity index (χ0v) is 46.3. The zero-order valence-electron chi connectivity index (χ0n) is 45.5. The minimum Gasteiger partial charge on any atom is -0.393 e. The first-order valence-corrected chi connectivity index (χ1v) is 29.2. The van der Waals surface area contributed by atoms with E-state index in [1.165, 1.54) is 42.7 Å². The van der Waals surface area contributed by atoms with E-state index in [0.29, 0.717) is 74.0 Å². The largest absolute Gasteiger partial charge is 0.426 e. The van der Waals surface area contributed by atoms with Gasteiger partial charge in [-0.3, -0.25) is 19.2 Å². The molecule has 6 amide bonds. The van der Waals surface area contributed by atoms with Crippen molar-refractivity contribution in [3.05, 3.63) is 70.8 Å². The maximum Gasteiger partial charge on any atom is 0.426 e. The second kappa shape index (κ2) is 26.7. The summed E-state index contributed by atoms with van der Waals surface area (Å²) in [6, 6.07) is 3.36. The van der Waals surface area contributed by atoms with E-state index in [-0.39, 0.29) is 66.4 Å². The lowest BCUT2D eigenvalue weighted by Crippen LogP contribution is -2.48. The van der Waals surface area contributed by atoms with Crippen LogP contribution in [0.5, 0.6) is 0 Å². The first-order chi connectivity index (χ1) is 36.6. The first-order valence-electron chi connectivity index (χ1n) is 28.2. The molecule has 3 unspecified atom stereocenters. The van der Waals surface area contributed by atoms with Crippen molar-refractivity contribution in [1.29, 1.82) is 0 Å². The highest BCUT2D eigenvalue weighted by Gasteiger charge is 2.65. The number of alkyl halides is 3. The second-order valence-electron chi connectivity index (χ2n) is 23.4. The lowest BCUT2D eigenvalue weighted by Gasteiger charge is -2.44. The number of rotatable bonds is 27. The fourth-order valence-electron chi connectivity index (χ4n) is 12.7. The molecular formula is C57H85F3N8O8S. The molecule has 77 heavy (non-hydrogen) atoms. The zero-order chi connectivity index (χ0) is 55.5. The number of unbranched alkanes of at least 4 members (excludes halogenated alkanes) is 1. The number of hydrogen-bond acceptors (Lipinski definition) is 11. The molecular weight excluding hydrogens is 1010 g/mol. The highest BCUT2D eigenvalue weighted by molar-refractivity contribution is 8.00. The van der Waals surface area contributed by atoms with Gasteiger partial charge in [0.2, 0.25) is 23.4 Å². The molecule has 10 N–H and O–H groups in total. The summed E-state index contributed by atoms with van der Waals surface area (Å²) in [5, 5.41) is 39.0. The van der Waals surface area contributed by atoms with Gasteiger partial charge >= 0.3 is 12.2 Å². The van der Waals surface area contributed by atoms with Crippen LogP contribution < -0.4 is 42.8 Å². The van der Waals surface area contributed by atoms with E-state index in [1.807, 2.05) is 25.6 Å². The highest BCUT2D eigenvalue weighted by Crippen LogP contribution is 2.60. The molecule has 0 radical (unpaired) electrons. The molecule has 3 saturated heterocycles. The van der Waals surface area contributed by atoms with Crippen LogP contribution in [-0.4, -0.2) is 119 Å². The summed E-state index contributed by atoms with van der Waals surface area (Å²) in [7, 11) is 0. The number of hydrazine groups is 1. The standard InChI is InChI=1S/C57H85F3N8O8S/c1-35(12-8-26-54(3,4)75)42-22-23-43-37(13-9-27-55(42,43)5)16-17-39-32-41(69)33-45(36(39)2)63-49(71)25-24-44(64-51(72)38-18-20-40(21-19-38)56(67-68-56)57(58,59)60)52(73)62-29-11-31-76-30-10-28-61-48(70)15-7-6-14-47-50-46(34-77-47)65-53(74)66-50/h16-21,35,41-47,50,67-69,75H,2,6-15,22-34H2,1,3-5H3,(H,61,70)(H,62,73)(H,63,71)(H,64,72)(H2,65,66,74)/b37-16+,39-17-/t35-,41-,42-,43+,44?,45?,46+,47?,50+,55-/m1/s1. The molecule has 7 rings (SSSR count). The molecule has 0 bridgehead atoms. The molecule has 10 atom stereocenters. The number of thioether (sulfide) groups is 1. The molecule has 3 heterocycles. The van der Waals surface area contributed by atoms with Gasteiger partial charge in [0.15, 0.2) is 0 Å². The average Bonchev–Trinajstić information content (AvgIpc) is 3.95. The molecule has 20 heteroatoms. The summed E-state index contributed by atoms with van der Waals surface area (Å²) in [6.07, 6.45) is 12.0. The van der Waals surface area contributed by atoms with E-state index in [9.17, 15) is 47.4 Å². The quantitative estimate of drug-likeness (QED) is 0.0244. The van der Waals surface area contributed by atoms with E-state index in [2.05, 4.69) is 75.3 Å². The number of allylic oxidation sites excluding steroid dienone is 3. The molecule has 1 aromatic rings. The van der Waals surface area contributed by atoms with Gasteiger partial charge in [-0.25, -0.2) is 15.6 Å². The Balaban J connectivity index is 0.866. The van der Waals surface area contributed by atoms with Gasteiger partial charge in [-0.05, 0) is 149 Å². The summed E-state index contributed by atoms with van der Waals surface area (Å²) in [4.78, 5) is 64.8. The van der Waals surface area contributed by atoms with E-state index in [4.69, 9.17) is 4.74 Å². The molecule has 428 valence electrons. The molecule has 1 aromatic carbocycles. The second-order valence-corrected chi connectivity index (χ2v) is 24.7. The summed E-state index contributed by atoms with van der Waals surface area (Å²) in [5.41, 5.74) is 4.32. The first kappa shape index (κ1) is 60.2. The SMILES string of the molecule is C=C1/C(=C\C=C2/CCC[C@]3(C)[C@@H]([C@H](C)CCCC(C)(C)O)CC[C@@H]23)C[C@@H](O)CC1NC(=O)CCC(NC(=O)c1ccc(C2(C(F)(F)F)NN2)cc1)C(=O)NCCCOCCCNC(=O)CCCCC1SC[C@@H]2NC(=O)N[C@H]12. The van der Waals surface area contributed by atoms with Crippen LogP contribution in [0.4, 0.5) is 18.0 Å². The van der Waals surface area contributed by atoms with E-state index >= 15 is 0 Å². The van der Waals surface area contributed by atoms with Gasteiger partial charge in [0.25, 0.3) is 5.91 Å². The fraction of sp³-hybridized carbons (Fsp3) is 0.702. The minimum absolute atomic E-state index is 0.0195. The van der Waals surface area contributed by atoms with Gasteiger partial charge in [0.05, 0.1) is 29.8 Å². The number of aliphatic hydroxyl groups is 2. The number of carbonyl (C=O) groups excluding carboxylic acids is 5. The van der Waals surface area contributed by atoms with E-state index in [0.717, 1.165) is 69.1 Å². The number of hydrogen-bond donors (Lipinski definition) is 10. The number of amides is 6. The number of aliphatic hydroxyl groups excluding tert-OH is 1. The van der Waals surface area contributed by atoms with Crippen LogP contribution in [0.15, 0.2) is 59.7 Å². The monoisotopic (exact) mass is 1100 g/mol. The van der Waals surface area contributed by atoms with E-state index in [1.54, 1.807) is 0 Å². The van der Waals surface area contributed by atoms with Gasteiger partial charge in [-0.2, -0.15) is 24.9 Å². The predicted octanol–water partition coefficient (Wildman–Crippen LogP) is 6.99. The van der Waals surface area contributed by atoms with Crippen molar-refractivity contribution in [2.75, 3.05) is 32.1 Å². The van der Waals surface area contributed by atoms with Gasteiger partial charge in [0.1, 0.15) is 6.04 Å². The smallest absolute Gasteiger partial charge is 0.393 e. The van der Waals surface area contributed by atoms with Crippen molar-refractivity contribution >= 4 is 41.4 Å². The third kappa shape index (κ3) is 16.1. The normalized spacial score (nSPS) is 28.5. The Bertz CT molecular complexity index is 2310. The number of carbonyl (C=O) groups is 5. The van der Waals surface area contributed by atoms with Gasteiger partial charge in [0, 0.05) is 55.7 Å². The predicted molar refractivity (Wildman–Crippen MR) is 291 cm³/mol. The highest BCUT2D eigenvalue weighted by atomic mass is 32.2. The number of halogens is 3. The fourth-order valence-corrected chi connectivity index (χ4v) is 14.3. The Morgan fingerprint density at radius 3 is 2.38 bits per heavy atom. The lowest BCUT2D eigenvalue weighted by atomic mass is 9.60. The Morgan fingerprint density at radius 2 is 1.68 bits per heavy atom. The topological polar surface area (TPSA) is 251 Å². The van der Waals surface area contributed by atoms with Crippen molar-refractivity contribution in [1.82, 2.24) is 42.8 Å². The van der Waals surface area contributed by atoms with Crippen LogP contribution >= 0.6 is 11.8 Å². The number of benzene rings is 1. The number of nitrogens with one attached hydrogen (secondary N) is 8. The molecule has 0 aromatic heterocycles. The van der Waals surface area contributed by atoms with Crippen LogP contribution in [0.25, 0.3) is 0 Å². The molecule has 16 nitrogen and oxygen atoms in total. The Morgan fingerprint density at radius 1 is 0.948 bits per heavy atom. The van der Waals surface area contributed by atoms with Crippen molar-refractivity contribution in [3.63, 3.8) is 0 Å². The number of fused-ring (bicyclic) bond motifs is 2. The molecule has 3 aliphatic carbocycles. The van der Waals surface area contributed by atoms with Gasteiger partial charge in [-0.1, -0.05) is 69.5 Å². The third-order valence-corrected chi connectivity index (χ3v) is 18.6. The van der Waals surface area contributed by atoms with Crippen molar-refractivity contribution in [2.45, 2.75) is 196 Å². The Kier molecular flexibility index (Phi) is 20.8. The Labute approximate surface area is 456 Å². The van der Waals surface area contributed by atoms with Crippen LogP contribution in [0.3, 0.4) is 0 Å². The maximum absolute atomic E-state index is 13.7. The van der Waals surface area contributed by atoms with Crippen molar-refractivity contribution < 1.29 is 52.1 Å². The molecule has 6 aliphatic rings. The Hall–Kier alpha value is -4.47. The van der Waals surface area contributed by atoms with Crippen LogP contribution in [0.2, 0.25) is 0 Å². The van der Waals surface area contributed by atoms with Gasteiger partial charge < -0.3 is 46.9 Å². The van der Waals surface area contributed by atoms with Crippen LogP contribution in [-0.2, 0) is 24.8 Å². The summed E-state index contributed by atoms with van der Waals surface area (Å²) >= 11 is 1.86. The van der Waals surface area contributed by atoms with E-state index < -0.39 is 53.3 Å². The van der Waals surface area contributed by atoms with Crippen LogP contribution in [0, 0.1) is 23.2 Å². The lowest BCUT2D eigenvalue weighted by molar-refractivity contribution is -0.165. The number of ether oxygens (including phenoxy) is 1. The van der Waals surface area contributed by atoms with Crippen LogP contribution in [0.1, 0.15) is 159 Å².